The third-order valence-electron chi connectivity index (χ3n) is 2.41. The minimum Gasteiger partial charge on any atom is -0.785 e. The molecule has 0 bridgehead atoms. The molecular weight excluding hydrogens is 296 g/mol. The molecule has 0 radical (unpaired) electrons. The molecule has 1 aromatic heterocycles. The van der Waals surface area contributed by atoms with Gasteiger partial charge in [0.2, 0.25) is 0 Å². The highest BCUT2D eigenvalue weighted by Crippen LogP contribution is 2.16. The Labute approximate surface area is 127 Å². The minimum absolute atomic E-state index is 0.240. The first-order valence-electron chi connectivity index (χ1n) is 6.31. The molecule has 0 amide bonds. The lowest BCUT2D eigenvalue weighted by Gasteiger charge is -2.19. The van der Waals surface area contributed by atoms with Crippen molar-refractivity contribution >= 4 is 11.8 Å². The van der Waals surface area contributed by atoms with E-state index in [-0.39, 0.29) is 6.54 Å². The molecule has 0 aromatic carbocycles. The Morgan fingerprint density at radius 3 is 2.86 bits per heavy atom. The zero-order chi connectivity index (χ0) is 15.7. The summed E-state index contributed by atoms with van der Waals surface area (Å²) in [7, 11) is 3.06. The molecule has 8 nitrogen and oxygen atoms in total. The van der Waals surface area contributed by atoms with Gasteiger partial charge in [0.05, 0.1) is 10.7 Å². The standard InChI is InChI=1S/C12H19N4O4S/c1-13-12(8-16(18)19)14-5-6-21-9-11-4-3-10(20-11)7-15(2)17/h3-4,8,13-14H,5-7,9H2,1-2H3/q-1/b12-8+. The predicted molar refractivity (Wildman–Crippen MR) is 81.8 cm³/mol. The molecule has 0 unspecified atom stereocenters. The second-order valence-electron chi connectivity index (χ2n) is 4.21. The maximum absolute atomic E-state index is 10.9. The van der Waals surface area contributed by atoms with E-state index in [1.54, 1.807) is 24.9 Å². The Balaban J connectivity index is 2.22. The SMILES string of the molecule is CN/C(=C\[N+](=O)[O-])NCCSCc1ccc(CN(C)[O-])o1. The van der Waals surface area contributed by atoms with Gasteiger partial charge in [-0.15, -0.1) is 0 Å². The number of hydrogen-bond acceptors (Lipinski definition) is 8. The van der Waals surface area contributed by atoms with E-state index in [0.717, 1.165) is 22.8 Å². The average molecular weight is 315 g/mol. The second-order valence-corrected chi connectivity index (χ2v) is 5.32. The van der Waals surface area contributed by atoms with Gasteiger partial charge in [0.25, 0.3) is 6.20 Å². The van der Waals surface area contributed by atoms with Gasteiger partial charge in [-0.3, -0.25) is 10.1 Å². The average Bonchev–Trinajstić information content (AvgIpc) is 2.83. The van der Waals surface area contributed by atoms with Crippen molar-refractivity contribution in [2.24, 2.45) is 0 Å². The molecule has 9 heteroatoms. The topological polar surface area (TPSA) is 107 Å². The van der Waals surface area contributed by atoms with Crippen molar-refractivity contribution in [3.63, 3.8) is 0 Å². The summed E-state index contributed by atoms with van der Waals surface area (Å²) in [4.78, 5) is 9.82. The van der Waals surface area contributed by atoms with Crippen LogP contribution in [0.15, 0.2) is 28.6 Å². The van der Waals surface area contributed by atoms with E-state index in [1.807, 2.05) is 6.07 Å². The second kappa shape index (κ2) is 9.27. The maximum atomic E-state index is 10.9. The smallest absolute Gasteiger partial charge is 0.274 e. The number of furan rings is 1. The van der Waals surface area contributed by atoms with Gasteiger partial charge in [-0.2, -0.15) is 11.8 Å². The Hall–Kier alpha value is -1.71. The van der Waals surface area contributed by atoms with E-state index in [2.05, 4.69) is 10.6 Å². The van der Waals surface area contributed by atoms with Gasteiger partial charge < -0.3 is 25.3 Å². The first-order valence-corrected chi connectivity index (χ1v) is 7.47. The van der Waals surface area contributed by atoms with Crippen molar-refractivity contribution in [2.45, 2.75) is 12.3 Å². The van der Waals surface area contributed by atoms with Gasteiger partial charge in [-0.1, -0.05) is 0 Å². The molecule has 1 rings (SSSR count). The molecule has 1 heterocycles. The van der Waals surface area contributed by atoms with Gasteiger partial charge in [0.15, 0.2) is 5.82 Å². The zero-order valence-corrected chi connectivity index (χ0v) is 12.8. The molecule has 0 aliphatic carbocycles. The van der Waals surface area contributed by atoms with E-state index >= 15 is 0 Å². The number of thioether (sulfide) groups is 1. The molecular formula is C12H19N4O4S-. The van der Waals surface area contributed by atoms with Crippen molar-refractivity contribution in [1.29, 1.82) is 0 Å². The number of hydrogen-bond donors (Lipinski definition) is 2. The molecule has 1 aromatic rings. The Kier molecular flexibility index (Phi) is 7.65. The van der Waals surface area contributed by atoms with Crippen molar-refractivity contribution in [1.82, 2.24) is 15.7 Å². The molecule has 0 spiro atoms. The van der Waals surface area contributed by atoms with Crippen molar-refractivity contribution in [3.05, 3.63) is 51.0 Å². The lowest BCUT2D eigenvalue weighted by atomic mass is 10.4. The van der Waals surface area contributed by atoms with E-state index in [4.69, 9.17) is 4.42 Å². The van der Waals surface area contributed by atoms with Crippen LogP contribution in [0, 0.1) is 15.3 Å². The fourth-order valence-corrected chi connectivity index (χ4v) is 2.29. The molecule has 0 saturated heterocycles. The summed E-state index contributed by atoms with van der Waals surface area (Å²) in [5.74, 6) is 3.30. The molecule has 118 valence electrons. The van der Waals surface area contributed by atoms with Gasteiger partial charge >= 0.3 is 0 Å². The predicted octanol–water partition coefficient (Wildman–Crippen LogP) is 1.33. The van der Waals surface area contributed by atoms with Crippen molar-refractivity contribution < 1.29 is 9.34 Å². The van der Waals surface area contributed by atoms with E-state index < -0.39 is 4.92 Å². The maximum Gasteiger partial charge on any atom is 0.274 e. The zero-order valence-electron chi connectivity index (χ0n) is 12.0. The summed E-state index contributed by atoms with van der Waals surface area (Å²) in [5.41, 5.74) is 0. The molecule has 0 fully saturated rings. The Bertz CT molecular complexity index is 476. The number of hydroxylamine groups is 2. The molecule has 0 saturated carbocycles. The molecule has 0 aliphatic heterocycles. The number of nitrogens with one attached hydrogen (secondary N) is 2. The summed E-state index contributed by atoms with van der Waals surface area (Å²) in [5, 5.41) is 27.6. The van der Waals surface area contributed by atoms with Gasteiger partial charge in [-0.25, -0.2) is 0 Å². The molecule has 21 heavy (non-hydrogen) atoms. The number of nitro groups is 1. The third-order valence-corrected chi connectivity index (χ3v) is 3.39. The van der Waals surface area contributed by atoms with Gasteiger partial charge in [-0.05, 0) is 19.2 Å². The summed E-state index contributed by atoms with van der Waals surface area (Å²) >= 11 is 1.64. The van der Waals surface area contributed by atoms with Gasteiger partial charge in [0, 0.05) is 25.9 Å². The fourth-order valence-electron chi connectivity index (χ4n) is 1.54. The summed E-state index contributed by atoms with van der Waals surface area (Å²) in [6.07, 6.45) is 0.892. The first-order chi connectivity index (χ1) is 10.0. The Morgan fingerprint density at radius 1 is 1.52 bits per heavy atom. The molecule has 0 aliphatic rings. The van der Waals surface area contributed by atoms with Crippen LogP contribution in [-0.2, 0) is 12.3 Å². The van der Waals surface area contributed by atoms with Crippen molar-refractivity contribution in [2.75, 3.05) is 26.4 Å². The lowest BCUT2D eigenvalue weighted by molar-refractivity contribution is -0.404. The molecule has 2 N–H and O–H groups in total. The van der Waals surface area contributed by atoms with Crippen LogP contribution in [-0.4, -0.2) is 36.4 Å². The van der Waals surface area contributed by atoms with Crippen LogP contribution >= 0.6 is 11.8 Å². The van der Waals surface area contributed by atoms with E-state index in [9.17, 15) is 15.3 Å². The third kappa shape index (κ3) is 7.59. The van der Waals surface area contributed by atoms with Crippen LogP contribution in [0.3, 0.4) is 0 Å². The first kappa shape index (κ1) is 17.3. The summed E-state index contributed by atoms with van der Waals surface area (Å²) in [6.45, 7) is 0.839. The summed E-state index contributed by atoms with van der Waals surface area (Å²) < 4.78 is 5.50. The lowest BCUT2D eigenvalue weighted by Crippen LogP contribution is -2.26. The van der Waals surface area contributed by atoms with Crippen molar-refractivity contribution in [3.8, 4) is 0 Å². The van der Waals surface area contributed by atoms with Crippen LogP contribution in [0.25, 0.3) is 0 Å². The van der Waals surface area contributed by atoms with Crippen LogP contribution in [0.5, 0.6) is 0 Å². The van der Waals surface area contributed by atoms with Gasteiger partial charge in [0.1, 0.15) is 11.5 Å². The van der Waals surface area contributed by atoms with E-state index in [1.165, 1.54) is 7.05 Å². The normalized spacial score (nSPS) is 11.7. The highest BCUT2D eigenvalue weighted by atomic mass is 32.2. The van der Waals surface area contributed by atoms with Crippen LogP contribution in [0.4, 0.5) is 0 Å². The number of rotatable bonds is 10. The highest BCUT2D eigenvalue weighted by molar-refractivity contribution is 7.98. The van der Waals surface area contributed by atoms with Crippen LogP contribution in [0.2, 0.25) is 0 Å². The largest absolute Gasteiger partial charge is 0.785 e. The monoisotopic (exact) mass is 315 g/mol. The summed E-state index contributed by atoms with van der Waals surface area (Å²) in [6, 6.07) is 3.65. The molecule has 0 atom stereocenters. The fraction of sp³-hybridized carbons (Fsp3) is 0.500. The highest BCUT2D eigenvalue weighted by Gasteiger charge is 2.03. The van der Waals surface area contributed by atoms with Crippen LogP contribution < -0.4 is 10.6 Å². The van der Waals surface area contributed by atoms with Crippen LogP contribution in [0.1, 0.15) is 11.5 Å². The van der Waals surface area contributed by atoms with E-state index in [0.29, 0.717) is 23.9 Å². The minimum atomic E-state index is -0.511. The number of nitrogens with zero attached hydrogens (tertiary/aromatic N) is 2. The Morgan fingerprint density at radius 2 is 2.24 bits per heavy atom. The quantitative estimate of drug-likeness (QED) is 0.378.